The van der Waals surface area contributed by atoms with Crippen molar-refractivity contribution in [2.24, 2.45) is 0 Å². The first-order valence-electron chi connectivity index (χ1n) is 10.9. The van der Waals surface area contributed by atoms with Crippen LogP contribution in [0.4, 0.5) is 4.79 Å². The molecule has 7 nitrogen and oxygen atoms in total. The molecule has 182 valence electrons. The zero-order valence-corrected chi connectivity index (χ0v) is 21.4. The van der Waals surface area contributed by atoms with Gasteiger partial charge in [0.1, 0.15) is 11.6 Å². The highest BCUT2D eigenvalue weighted by molar-refractivity contribution is 7.77. The molecular weight excluding hydrogens is 509 g/mol. The lowest BCUT2D eigenvalue weighted by Gasteiger charge is -2.17. The summed E-state index contributed by atoms with van der Waals surface area (Å²) in [5, 5.41) is 0.905. The van der Waals surface area contributed by atoms with E-state index in [1.54, 1.807) is 36.4 Å². The normalized spacial score (nSPS) is 12.0. The van der Waals surface area contributed by atoms with Crippen LogP contribution in [0.25, 0.3) is 16.7 Å². The number of benzene rings is 3. The Kier molecular flexibility index (Phi) is 7.76. The number of imidazole rings is 1. The van der Waals surface area contributed by atoms with Crippen LogP contribution in [0.1, 0.15) is 23.9 Å². The molecule has 4 rings (SSSR count). The summed E-state index contributed by atoms with van der Waals surface area (Å²) < 4.78 is 29.4. The summed E-state index contributed by atoms with van der Waals surface area (Å²) >= 11 is 9.89. The van der Waals surface area contributed by atoms with Gasteiger partial charge in [0.05, 0.1) is 21.1 Å². The van der Waals surface area contributed by atoms with Crippen molar-refractivity contribution in [2.75, 3.05) is 6.54 Å². The second-order valence-corrected chi connectivity index (χ2v) is 9.62. The van der Waals surface area contributed by atoms with Crippen molar-refractivity contribution in [3.8, 4) is 11.4 Å². The van der Waals surface area contributed by atoms with Crippen molar-refractivity contribution in [1.82, 2.24) is 13.9 Å². The highest BCUT2D eigenvalue weighted by Gasteiger charge is 2.21. The third-order valence-electron chi connectivity index (χ3n) is 5.50. The number of hydrogen-bond acceptors (Lipinski definition) is 4. The molecule has 1 atom stereocenters. The molecule has 0 bridgehead atoms. The average molecular weight is 532 g/mol. The first-order chi connectivity index (χ1) is 16.8. The van der Waals surface area contributed by atoms with Crippen LogP contribution in [0.15, 0.2) is 60.7 Å². The number of aryl methyl sites for hydroxylation is 2. The molecule has 3 aromatic carbocycles. The second kappa shape index (κ2) is 10.8. The van der Waals surface area contributed by atoms with E-state index in [-0.39, 0.29) is 6.54 Å². The largest absolute Gasteiger partial charge is 0.428 e. The number of ether oxygens (including phenoxy) is 1. The minimum absolute atomic E-state index is 0.00940. The quantitative estimate of drug-likeness (QED) is 0.279. The Morgan fingerprint density at radius 2 is 1.74 bits per heavy atom. The first-order valence-corrected chi connectivity index (χ1v) is 12.7. The molecule has 35 heavy (non-hydrogen) atoms. The van der Waals surface area contributed by atoms with Gasteiger partial charge in [0.15, 0.2) is 0 Å². The molecule has 1 N–H and O–H groups in total. The fraction of sp³-hybridized carbons (Fsp3) is 0.200. The number of aromatic nitrogens is 2. The molecule has 0 aliphatic rings. The van der Waals surface area contributed by atoms with Crippen molar-refractivity contribution < 1.29 is 18.3 Å². The maximum absolute atomic E-state index is 12.4. The summed E-state index contributed by atoms with van der Waals surface area (Å²) in [7, 11) is 0. The molecule has 1 unspecified atom stereocenters. The van der Waals surface area contributed by atoms with E-state index in [0.717, 1.165) is 38.0 Å². The molecule has 0 saturated carbocycles. The Morgan fingerprint density at radius 1 is 1.09 bits per heavy atom. The van der Waals surface area contributed by atoms with Crippen LogP contribution in [-0.2, 0) is 24.1 Å². The number of carbonyl (C=O) groups is 1. The van der Waals surface area contributed by atoms with Crippen LogP contribution in [0.5, 0.6) is 5.75 Å². The fourth-order valence-electron chi connectivity index (χ4n) is 3.68. The second-order valence-electron chi connectivity index (χ2n) is 7.90. The Bertz CT molecular complexity index is 1390. The standard InChI is InChI=1S/C25H23Cl2N3O4S/c1-3-24-28-22-14-20(26)21(27)15-23(22)30(24)18-8-6-17(7-9-18)12-13-29(35(32)33)25(31)34-19-10-4-16(2)5-11-19/h4-11,14-15H,3,12-13H2,1-2H3,(H,32,33). The molecule has 0 spiro atoms. The number of fused-ring (bicyclic) bond motifs is 1. The van der Waals surface area contributed by atoms with Crippen LogP contribution in [0.2, 0.25) is 10.0 Å². The van der Waals surface area contributed by atoms with Crippen molar-refractivity contribution >= 4 is 51.6 Å². The number of nitrogens with zero attached hydrogens (tertiary/aromatic N) is 3. The topological polar surface area (TPSA) is 84.7 Å². The van der Waals surface area contributed by atoms with E-state index in [4.69, 9.17) is 27.9 Å². The Labute approximate surface area is 215 Å². The lowest BCUT2D eigenvalue weighted by molar-refractivity contribution is 0.178. The molecule has 1 aromatic heterocycles. The minimum atomic E-state index is -2.52. The van der Waals surface area contributed by atoms with Gasteiger partial charge in [-0.2, -0.15) is 0 Å². The number of rotatable bonds is 7. The van der Waals surface area contributed by atoms with Gasteiger partial charge in [-0.3, -0.25) is 9.12 Å². The van der Waals surface area contributed by atoms with Gasteiger partial charge >= 0.3 is 6.09 Å². The molecule has 1 heterocycles. The molecule has 1 amide bonds. The lowest BCUT2D eigenvalue weighted by atomic mass is 10.1. The van der Waals surface area contributed by atoms with E-state index >= 15 is 0 Å². The SMILES string of the molecule is CCc1nc2cc(Cl)c(Cl)cc2n1-c1ccc(CCN(C(=O)Oc2ccc(C)cc2)S(=O)O)cc1. The molecule has 0 radical (unpaired) electrons. The van der Waals surface area contributed by atoms with Gasteiger partial charge < -0.3 is 4.74 Å². The van der Waals surface area contributed by atoms with Gasteiger partial charge in [-0.1, -0.05) is 60.0 Å². The fourth-order valence-corrected chi connectivity index (χ4v) is 4.41. The van der Waals surface area contributed by atoms with Gasteiger partial charge in [0, 0.05) is 18.7 Å². The number of halogens is 2. The zero-order valence-electron chi connectivity index (χ0n) is 19.1. The van der Waals surface area contributed by atoms with Crippen LogP contribution in [0.3, 0.4) is 0 Å². The molecule has 4 aromatic rings. The predicted molar refractivity (Wildman–Crippen MR) is 139 cm³/mol. The summed E-state index contributed by atoms with van der Waals surface area (Å²) in [6.07, 6.45) is 0.188. The number of hydrogen-bond donors (Lipinski definition) is 1. The highest BCUT2D eigenvalue weighted by Crippen LogP contribution is 2.30. The van der Waals surface area contributed by atoms with E-state index in [2.05, 4.69) is 4.98 Å². The smallest absolute Gasteiger partial charge is 0.410 e. The van der Waals surface area contributed by atoms with Crippen molar-refractivity contribution in [3.63, 3.8) is 0 Å². The number of amides is 1. The zero-order chi connectivity index (χ0) is 25.1. The van der Waals surface area contributed by atoms with Gasteiger partial charge in [-0.05, 0) is 55.3 Å². The Morgan fingerprint density at radius 3 is 2.37 bits per heavy atom. The lowest BCUT2D eigenvalue weighted by Crippen LogP contribution is -2.36. The molecule has 10 heteroatoms. The summed E-state index contributed by atoms with van der Waals surface area (Å²) in [6, 6.07) is 18.1. The van der Waals surface area contributed by atoms with Gasteiger partial charge in [0.25, 0.3) is 11.3 Å². The Hall–Kier alpha value is -2.91. The first kappa shape index (κ1) is 25.2. The van der Waals surface area contributed by atoms with Crippen LogP contribution < -0.4 is 4.74 Å². The van der Waals surface area contributed by atoms with Gasteiger partial charge in [-0.25, -0.2) is 18.3 Å². The van der Waals surface area contributed by atoms with Gasteiger partial charge in [-0.15, -0.1) is 0 Å². The van der Waals surface area contributed by atoms with Crippen molar-refractivity contribution in [2.45, 2.75) is 26.7 Å². The number of carbonyl (C=O) groups excluding carboxylic acids is 1. The summed E-state index contributed by atoms with van der Waals surface area (Å²) in [4.78, 5) is 17.1. The predicted octanol–water partition coefficient (Wildman–Crippen LogP) is 6.38. The van der Waals surface area contributed by atoms with Crippen molar-refractivity contribution in [3.05, 3.63) is 87.7 Å². The third-order valence-corrected chi connectivity index (χ3v) is 6.93. The minimum Gasteiger partial charge on any atom is -0.410 e. The van der Waals surface area contributed by atoms with Crippen LogP contribution in [-0.4, -0.2) is 35.3 Å². The van der Waals surface area contributed by atoms with E-state index in [9.17, 15) is 13.6 Å². The van der Waals surface area contributed by atoms with E-state index in [1.165, 1.54) is 0 Å². The molecule has 0 aliphatic heterocycles. The summed E-state index contributed by atoms with van der Waals surface area (Å²) in [5.41, 5.74) is 4.40. The Balaban J connectivity index is 1.50. The molecule has 0 saturated heterocycles. The molecule has 0 aliphatic carbocycles. The highest BCUT2D eigenvalue weighted by atomic mass is 35.5. The third kappa shape index (κ3) is 5.67. The van der Waals surface area contributed by atoms with E-state index < -0.39 is 17.4 Å². The van der Waals surface area contributed by atoms with E-state index in [1.807, 2.05) is 42.7 Å². The molecule has 0 fully saturated rings. The van der Waals surface area contributed by atoms with Crippen LogP contribution >= 0.6 is 23.2 Å². The maximum atomic E-state index is 12.4. The monoisotopic (exact) mass is 531 g/mol. The summed E-state index contributed by atoms with van der Waals surface area (Å²) in [6.45, 7) is 3.94. The summed E-state index contributed by atoms with van der Waals surface area (Å²) in [5.74, 6) is 1.17. The van der Waals surface area contributed by atoms with Crippen molar-refractivity contribution in [1.29, 1.82) is 0 Å². The average Bonchev–Trinajstić information content (AvgIpc) is 3.18. The van der Waals surface area contributed by atoms with Gasteiger partial charge in [0.2, 0.25) is 0 Å². The van der Waals surface area contributed by atoms with E-state index in [0.29, 0.717) is 28.6 Å². The molecular formula is C25H23Cl2N3O4S. The maximum Gasteiger partial charge on any atom is 0.428 e. The van der Waals surface area contributed by atoms with Crippen LogP contribution in [0, 0.1) is 6.92 Å².